The molecule has 0 saturated heterocycles. The van der Waals surface area contributed by atoms with E-state index in [2.05, 4.69) is 20.0 Å². The van der Waals surface area contributed by atoms with Crippen LogP contribution >= 0.6 is 11.6 Å². The van der Waals surface area contributed by atoms with Gasteiger partial charge in [-0.05, 0) is 30.3 Å². The second kappa shape index (κ2) is 7.61. The van der Waals surface area contributed by atoms with Crippen molar-refractivity contribution in [1.82, 2.24) is 9.71 Å². The average Bonchev–Trinajstić information content (AvgIpc) is 2.69. The number of aliphatic imine (C=N–C) groups is 1. The van der Waals surface area contributed by atoms with E-state index in [9.17, 15) is 13.2 Å². The summed E-state index contributed by atoms with van der Waals surface area (Å²) in [6, 6.07) is 14.8. The zero-order chi connectivity index (χ0) is 20.4. The van der Waals surface area contributed by atoms with Gasteiger partial charge in [0.15, 0.2) is 5.75 Å². The number of nitrogens with one attached hydrogen (secondary N) is 3. The van der Waals surface area contributed by atoms with E-state index in [-0.39, 0.29) is 34.4 Å². The van der Waals surface area contributed by atoms with E-state index in [1.807, 2.05) is 0 Å². The van der Waals surface area contributed by atoms with Crippen molar-refractivity contribution >= 4 is 33.3 Å². The second-order valence-corrected chi connectivity index (χ2v) is 8.14. The first kappa shape index (κ1) is 19.0. The highest BCUT2D eigenvalue weighted by molar-refractivity contribution is 7.90. The number of H-pyrrole nitrogens is 1. The normalized spacial score (nSPS) is 15.8. The summed E-state index contributed by atoms with van der Waals surface area (Å²) in [5, 5.41) is 3.32. The highest BCUT2D eigenvalue weighted by Crippen LogP contribution is 2.38. The summed E-state index contributed by atoms with van der Waals surface area (Å²) in [4.78, 5) is 18.5. The van der Waals surface area contributed by atoms with Crippen LogP contribution in [0.2, 0.25) is 5.02 Å². The molecule has 8 nitrogen and oxygen atoms in total. The van der Waals surface area contributed by atoms with E-state index in [0.717, 1.165) is 0 Å². The number of anilines is 1. The number of para-hydroxylation sites is 2. The molecule has 0 spiro atoms. The molecule has 0 bridgehead atoms. The van der Waals surface area contributed by atoms with Gasteiger partial charge in [0.25, 0.3) is 15.6 Å². The SMILES string of the molecule is O=c1[nH]cccc1CN=C1Nc2c(Oc3ccccc3Cl)cccc2S(=O)(=O)N1. The summed E-state index contributed by atoms with van der Waals surface area (Å²) < 4.78 is 33.5. The lowest BCUT2D eigenvalue weighted by Gasteiger charge is -2.23. The van der Waals surface area contributed by atoms with Gasteiger partial charge >= 0.3 is 0 Å². The van der Waals surface area contributed by atoms with Crippen molar-refractivity contribution in [3.05, 3.63) is 81.7 Å². The van der Waals surface area contributed by atoms with Gasteiger partial charge < -0.3 is 15.0 Å². The molecule has 3 N–H and O–H groups in total. The third kappa shape index (κ3) is 3.96. The van der Waals surface area contributed by atoms with Gasteiger partial charge in [0, 0.05) is 11.8 Å². The van der Waals surface area contributed by atoms with E-state index < -0.39 is 10.0 Å². The van der Waals surface area contributed by atoms with E-state index in [1.165, 1.54) is 12.3 Å². The molecule has 0 saturated carbocycles. The summed E-state index contributed by atoms with van der Waals surface area (Å²) in [7, 11) is -3.87. The fraction of sp³-hybridized carbons (Fsp3) is 0.0526. The number of guanidine groups is 1. The molecule has 0 amide bonds. The standard InChI is InChI=1S/C19H15ClN4O4S/c20-13-6-1-2-7-14(13)28-15-8-3-9-16-17(15)23-19(24-29(16,26)27)22-11-12-5-4-10-21-18(12)25/h1-10H,11H2,(H,21,25)(H2,22,23,24). The summed E-state index contributed by atoms with van der Waals surface area (Å²) in [6.07, 6.45) is 1.51. The van der Waals surface area contributed by atoms with Gasteiger partial charge in [-0.3, -0.25) is 4.79 Å². The van der Waals surface area contributed by atoms with Crippen molar-refractivity contribution in [3.63, 3.8) is 0 Å². The molecule has 4 rings (SSSR count). The molecule has 2 aromatic carbocycles. The summed E-state index contributed by atoms with van der Waals surface area (Å²) >= 11 is 6.14. The van der Waals surface area contributed by atoms with Gasteiger partial charge in [-0.15, -0.1) is 0 Å². The zero-order valence-electron chi connectivity index (χ0n) is 14.8. The number of nitrogens with zero attached hydrogens (tertiary/aromatic N) is 1. The minimum Gasteiger partial charge on any atom is -0.454 e. The van der Waals surface area contributed by atoms with Crippen LogP contribution in [0.25, 0.3) is 0 Å². The molecule has 0 atom stereocenters. The lowest BCUT2D eigenvalue weighted by Crippen LogP contribution is -2.41. The topological polar surface area (TPSA) is 113 Å². The molecule has 0 fully saturated rings. The van der Waals surface area contributed by atoms with Crippen LogP contribution in [0.15, 0.2) is 75.5 Å². The molecule has 2 heterocycles. The molecule has 1 aliphatic heterocycles. The minimum absolute atomic E-state index is 0.0100. The number of ether oxygens (including phenoxy) is 1. The molecular formula is C19H15ClN4O4S. The van der Waals surface area contributed by atoms with Gasteiger partial charge in [0.05, 0.1) is 11.6 Å². The summed E-state index contributed by atoms with van der Waals surface area (Å²) in [6.45, 7) is -0.0100. The number of pyridine rings is 1. The molecule has 3 aromatic rings. The second-order valence-electron chi connectivity index (χ2n) is 6.08. The molecule has 0 aliphatic carbocycles. The Balaban J connectivity index is 1.70. The van der Waals surface area contributed by atoms with Gasteiger partial charge in [0.2, 0.25) is 5.96 Å². The van der Waals surface area contributed by atoms with Gasteiger partial charge in [-0.2, -0.15) is 0 Å². The fourth-order valence-electron chi connectivity index (χ4n) is 2.73. The van der Waals surface area contributed by atoms with Crippen molar-refractivity contribution in [2.24, 2.45) is 4.99 Å². The number of fused-ring (bicyclic) bond motifs is 1. The number of rotatable bonds is 4. The highest BCUT2D eigenvalue weighted by Gasteiger charge is 2.29. The molecule has 0 radical (unpaired) electrons. The number of hydrogen-bond donors (Lipinski definition) is 3. The fourth-order valence-corrected chi connectivity index (χ4v) is 4.06. The third-order valence-electron chi connectivity index (χ3n) is 4.12. The van der Waals surface area contributed by atoms with Crippen molar-refractivity contribution in [2.75, 3.05) is 5.32 Å². The molecular weight excluding hydrogens is 416 g/mol. The Labute approximate surface area is 171 Å². The van der Waals surface area contributed by atoms with Gasteiger partial charge in [0.1, 0.15) is 16.3 Å². The van der Waals surface area contributed by atoms with E-state index in [1.54, 1.807) is 48.5 Å². The number of aromatic nitrogens is 1. The van der Waals surface area contributed by atoms with Crippen LogP contribution in [0, 0.1) is 0 Å². The highest BCUT2D eigenvalue weighted by atomic mass is 35.5. The van der Waals surface area contributed by atoms with Crippen molar-refractivity contribution in [1.29, 1.82) is 0 Å². The lowest BCUT2D eigenvalue weighted by molar-refractivity contribution is 0.483. The van der Waals surface area contributed by atoms with Crippen molar-refractivity contribution in [3.8, 4) is 11.5 Å². The van der Waals surface area contributed by atoms with Gasteiger partial charge in [-0.1, -0.05) is 35.9 Å². The first-order chi connectivity index (χ1) is 13.9. The molecule has 10 heteroatoms. The predicted octanol–water partition coefficient (Wildman–Crippen LogP) is 3.08. The number of aromatic amines is 1. The first-order valence-corrected chi connectivity index (χ1v) is 10.4. The van der Waals surface area contributed by atoms with Crippen LogP contribution in [-0.2, 0) is 16.6 Å². The van der Waals surface area contributed by atoms with Crippen LogP contribution < -0.4 is 20.3 Å². The van der Waals surface area contributed by atoms with Gasteiger partial charge in [-0.25, -0.2) is 18.1 Å². The van der Waals surface area contributed by atoms with Crippen LogP contribution in [0.3, 0.4) is 0 Å². The first-order valence-electron chi connectivity index (χ1n) is 8.50. The van der Waals surface area contributed by atoms with Crippen molar-refractivity contribution < 1.29 is 13.2 Å². The van der Waals surface area contributed by atoms with Crippen LogP contribution in [0.4, 0.5) is 5.69 Å². The molecule has 1 aliphatic rings. The smallest absolute Gasteiger partial charge is 0.266 e. The van der Waals surface area contributed by atoms with Crippen molar-refractivity contribution in [2.45, 2.75) is 11.4 Å². The van der Waals surface area contributed by atoms with Crippen LogP contribution in [-0.4, -0.2) is 19.4 Å². The number of benzene rings is 2. The predicted molar refractivity (Wildman–Crippen MR) is 110 cm³/mol. The molecule has 29 heavy (non-hydrogen) atoms. The zero-order valence-corrected chi connectivity index (χ0v) is 16.4. The molecule has 1 aromatic heterocycles. The van der Waals surface area contributed by atoms with E-state index in [4.69, 9.17) is 16.3 Å². The van der Waals surface area contributed by atoms with E-state index in [0.29, 0.717) is 16.3 Å². The largest absolute Gasteiger partial charge is 0.454 e. The third-order valence-corrected chi connectivity index (χ3v) is 5.81. The maximum atomic E-state index is 12.7. The Hall–Kier alpha value is -3.30. The minimum atomic E-state index is -3.87. The Bertz CT molecular complexity index is 1270. The summed E-state index contributed by atoms with van der Waals surface area (Å²) in [5.74, 6) is 0.636. The maximum absolute atomic E-state index is 12.7. The Morgan fingerprint density at radius 3 is 2.59 bits per heavy atom. The van der Waals surface area contributed by atoms with Crippen LogP contribution in [0.1, 0.15) is 5.56 Å². The quantitative estimate of drug-likeness (QED) is 0.588. The number of halogens is 1. The average molecular weight is 431 g/mol. The monoisotopic (exact) mass is 430 g/mol. The Morgan fingerprint density at radius 1 is 1.00 bits per heavy atom. The molecule has 148 valence electrons. The Morgan fingerprint density at radius 2 is 1.79 bits per heavy atom. The number of hydrogen-bond acceptors (Lipinski definition) is 5. The maximum Gasteiger partial charge on any atom is 0.266 e. The lowest BCUT2D eigenvalue weighted by atomic mass is 10.2. The summed E-state index contributed by atoms with van der Waals surface area (Å²) in [5.41, 5.74) is 0.331. The van der Waals surface area contributed by atoms with E-state index >= 15 is 0 Å². The number of sulfonamides is 1. The Kier molecular flexibility index (Phi) is 4.99. The van der Waals surface area contributed by atoms with Crippen LogP contribution in [0.5, 0.6) is 11.5 Å². The molecule has 0 unspecified atom stereocenters.